The molecule has 1 N–H and O–H groups in total. The summed E-state index contributed by atoms with van der Waals surface area (Å²) in [6, 6.07) is 12.8. The molecule has 0 radical (unpaired) electrons. The number of amides is 1. The van der Waals surface area contributed by atoms with Gasteiger partial charge in [0.05, 0.1) is 18.1 Å². The molecule has 0 fully saturated rings. The highest BCUT2D eigenvalue weighted by atomic mass is 19.1. The number of hydrogen-bond donors (Lipinski definition) is 1. The van der Waals surface area contributed by atoms with E-state index in [0.29, 0.717) is 11.4 Å². The Bertz CT molecular complexity index is 1150. The molecule has 8 nitrogen and oxygen atoms in total. The predicted octanol–water partition coefficient (Wildman–Crippen LogP) is 3.75. The van der Waals surface area contributed by atoms with Gasteiger partial charge in [0.1, 0.15) is 19.8 Å². The van der Waals surface area contributed by atoms with Crippen molar-refractivity contribution in [3.05, 3.63) is 70.8 Å². The van der Waals surface area contributed by atoms with Gasteiger partial charge in [-0.05, 0) is 24.6 Å². The van der Waals surface area contributed by atoms with Gasteiger partial charge >= 0.3 is 0 Å². The molecule has 1 aromatic heterocycles. The van der Waals surface area contributed by atoms with Crippen LogP contribution in [0.3, 0.4) is 0 Å². The predicted molar refractivity (Wildman–Crippen MR) is 117 cm³/mol. The van der Waals surface area contributed by atoms with Gasteiger partial charge in [0, 0.05) is 29.4 Å². The second kappa shape index (κ2) is 9.66. The van der Waals surface area contributed by atoms with Gasteiger partial charge in [-0.3, -0.25) is 4.79 Å². The van der Waals surface area contributed by atoms with E-state index < -0.39 is 11.9 Å². The number of para-hydroxylation sites is 1. The lowest BCUT2D eigenvalue weighted by Crippen LogP contribution is -2.15. The highest BCUT2D eigenvalue weighted by molar-refractivity contribution is 6.07. The largest absolute Gasteiger partial charge is 0.399 e. The second-order valence-corrected chi connectivity index (χ2v) is 6.55. The molecule has 0 aliphatic carbocycles. The van der Waals surface area contributed by atoms with Crippen LogP contribution >= 0.6 is 0 Å². The number of nitrogens with one attached hydrogen (secondary N) is 1. The van der Waals surface area contributed by atoms with Crippen LogP contribution in [0.1, 0.15) is 27.2 Å². The van der Waals surface area contributed by atoms with Crippen LogP contribution in [0.15, 0.2) is 52.8 Å². The number of aromatic nitrogens is 2. The molecule has 1 heterocycles. The number of halogens is 1. The molecular weight excluding hydrogens is 401 g/mol. The molecule has 2 aromatic carbocycles. The van der Waals surface area contributed by atoms with E-state index in [4.69, 9.17) is 9.68 Å². The van der Waals surface area contributed by atoms with Gasteiger partial charge in [0.2, 0.25) is 5.95 Å². The normalized spacial score (nSPS) is 11.3. The molecule has 160 valence electrons. The molecule has 0 unspecified atom stereocenters. The summed E-state index contributed by atoms with van der Waals surface area (Å²) in [5.41, 5.74) is 3.82. The number of rotatable bonds is 7. The lowest BCUT2D eigenvalue weighted by atomic mass is 9.98. The van der Waals surface area contributed by atoms with Crippen LogP contribution in [-0.2, 0) is 16.7 Å². The molecule has 3 aromatic rings. The third-order valence-corrected chi connectivity index (χ3v) is 4.55. The third-order valence-electron chi connectivity index (χ3n) is 4.55. The number of nitrogens with zero attached hydrogens (tertiary/aromatic N) is 4. The van der Waals surface area contributed by atoms with E-state index in [1.165, 1.54) is 21.3 Å². The third kappa shape index (κ3) is 4.77. The van der Waals surface area contributed by atoms with Gasteiger partial charge in [0.15, 0.2) is 0 Å². The molecule has 0 saturated carbocycles. The van der Waals surface area contributed by atoms with Crippen molar-refractivity contribution in [2.24, 2.45) is 17.4 Å². The maximum atomic E-state index is 14.3. The average molecular weight is 423 g/mol. The fraction of sp³-hybridized carbons (Fsp3) is 0.182. The summed E-state index contributed by atoms with van der Waals surface area (Å²) >= 11 is 0. The molecular formula is C22H22FN5O3. The Balaban J connectivity index is 2.00. The van der Waals surface area contributed by atoms with E-state index in [9.17, 15) is 9.18 Å². The van der Waals surface area contributed by atoms with Crippen molar-refractivity contribution in [1.82, 2.24) is 9.78 Å². The Labute approximate surface area is 179 Å². The van der Waals surface area contributed by atoms with Crippen molar-refractivity contribution in [1.29, 1.82) is 0 Å². The van der Waals surface area contributed by atoms with Crippen LogP contribution in [0.5, 0.6) is 0 Å². The summed E-state index contributed by atoms with van der Waals surface area (Å²) in [5, 5.41) is 14.4. The van der Waals surface area contributed by atoms with E-state index in [1.807, 2.05) is 30.3 Å². The molecule has 0 aliphatic heterocycles. The number of hydrogen-bond acceptors (Lipinski definition) is 6. The molecule has 0 atom stereocenters. The topological polar surface area (TPSA) is 90.1 Å². The van der Waals surface area contributed by atoms with Crippen LogP contribution < -0.4 is 5.32 Å². The first-order valence-corrected chi connectivity index (χ1v) is 9.33. The fourth-order valence-electron chi connectivity index (χ4n) is 3.11. The average Bonchev–Trinajstić information content (AvgIpc) is 3.02. The zero-order valence-electron chi connectivity index (χ0n) is 17.6. The van der Waals surface area contributed by atoms with Crippen molar-refractivity contribution in [3.63, 3.8) is 0 Å². The van der Waals surface area contributed by atoms with Crippen molar-refractivity contribution < 1.29 is 18.9 Å². The molecule has 0 bridgehead atoms. The lowest BCUT2D eigenvalue weighted by molar-refractivity contribution is 0.102. The minimum absolute atomic E-state index is 0.0867. The van der Waals surface area contributed by atoms with Crippen LogP contribution in [0.25, 0.3) is 11.1 Å². The van der Waals surface area contributed by atoms with E-state index >= 15 is 0 Å². The van der Waals surface area contributed by atoms with E-state index in [0.717, 1.165) is 26.9 Å². The smallest absolute Gasteiger partial charge is 0.262 e. The first-order valence-electron chi connectivity index (χ1n) is 9.33. The van der Waals surface area contributed by atoms with Crippen molar-refractivity contribution >= 4 is 24.0 Å². The summed E-state index contributed by atoms with van der Waals surface area (Å²) in [4.78, 5) is 22.3. The molecule has 0 spiro atoms. The Hall–Kier alpha value is -4.01. The lowest BCUT2D eigenvalue weighted by Gasteiger charge is -2.12. The summed E-state index contributed by atoms with van der Waals surface area (Å²) < 4.78 is 15.3. The summed E-state index contributed by atoms with van der Waals surface area (Å²) in [6.07, 6.45) is 3.11. The minimum Gasteiger partial charge on any atom is -0.399 e. The zero-order valence-corrected chi connectivity index (χ0v) is 17.6. The van der Waals surface area contributed by atoms with Gasteiger partial charge < -0.3 is 15.0 Å². The van der Waals surface area contributed by atoms with Crippen molar-refractivity contribution in [3.8, 4) is 11.1 Å². The maximum Gasteiger partial charge on any atom is 0.262 e. The second-order valence-electron chi connectivity index (χ2n) is 6.55. The number of aryl methyl sites for hydroxylation is 2. The monoisotopic (exact) mass is 423 g/mol. The number of carbonyl (C=O) groups excluding carboxylic acids is 1. The van der Waals surface area contributed by atoms with Gasteiger partial charge in [-0.25, -0.2) is 4.68 Å². The summed E-state index contributed by atoms with van der Waals surface area (Å²) in [5.74, 6) is -1.26. The Kier molecular flexibility index (Phi) is 6.76. The molecule has 31 heavy (non-hydrogen) atoms. The number of oxime groups is 2. The molecule has 3 rings (SSSR count). The fourth-order valence-corrected chi connectivity index (χ4v) is 3.11. The SMILES string of the molecule is CON=Cc1ccc(-c2ccccc2NC(=O)c2c(C)nn(C)c2F)cc1C=NOC. The van der Waals surface area contributed by atoms with Gasteiger partial charge in [-0.15, -0.1) is 0 Å². The van der Waals surface area contributed by atoms with Crippen molar-refractivity contribution in [2.75, 3.05) is 19.5 Å². The quantitative estimate of drug-likeness (QED) is 0.463. The van der Waals surface area contributed by atoms with Crippen LogP contribution in [0.4, 0.5) is 10.1 Å². The summed E-state index contributed by atoms with van der Waals surface area (Å²) in [6.45, 7) is 1.59. The van der Waals surface area contributed by atoms with Gasteiger partial charge in [-0.2, -0.15) is 9.49 Å². The van der Waals surface area contributed by atoms with Crippen LogP contribution in [-0.4, -0.2) is 42.3 Å². The molecule has 1 amide bonds. The maximum absolute atomic E-state index is 14.3. The highest BCUT2D eigenvalue weighted by Gasteiger charge is 2.21. The first kappa shape index (κ1) is 21.7. The van der Waals surface area contributed by atoms with Gasteiger partial charge in [0.25, 0.3) is 5.91 Å². The van der Waals surface area contributed by atoms with Gasteiger partial charge in [-0.1, -0.05) is 40.6 Å². The Morgan fingerprint density at radius 1 is 1.10 bits per heavy atom. The molecule has 0 aliphatic rings. The van der Waals surface area contributed by atoms with Crippen LogP contribution in [0.2, 0.25) is 0 Å². The summed E-state index contributed by atoms with van der Waals surface area (Å²) in [7, 11) is 4.36. The van der Waals surface area contributed by atoms with E-state index in [2.05, 4.69) is 20.7 Å². The van der Waals surface area contributed by atoms with Crippen molar-refractivity contribution in [2.45, 2.75) is 6.92 Å². The number of benzene rings is 2. The first-order chi connectivity index (χ1) is 15.0. The Morgan fingerprint density at radius 2 is 1.77 bits per heavy atom. The molecule has 0 saturated heterocycles. The van der Waals surface area contributed by atoms with Crippen LogP contribution in [0, 0.1) is 12.9 Å². The van der Waals surface area contributed by atoms with E-state index in [-0.39, 0.29) is 5.56 Å². The molecule has 9 heteroatoms. The standard InChI is InChI=1S/C22H22FN5O3/c1-14-20(21(23)28(2)27-14)22(29)26-19-8-6-5-7-18(19)15-9-10-16(12-24-30-3)17(11-15)13-25-31-4/h5-13H,1-4H3,(H,26,29). The number of carbonyl (C=O) groups is 1. The number of anilines is 1. The Morgan fingerprint density at radius 3 is 2.42 bits per heavy atom. The highest BCUT2D eigenvalue weighted by Crippen LogP contribution is 2.30. The minimum atomic E-state index is -0.688. The zero-order chi connectivity index (χ0) is 22.4. The van der Waals surface area contributed by atoms with E-state index in [1.54, 1.807) is 31.5 Å².